The van der Waals surface area contributed by atoms with Gasteiger partial charge in [0, 0.05) is 0 Å². The second-order valence-electron chi connectivity index (χ2n) is 5.11. The van der Waals surface area contributed by atoms with Crippen molar-refractivity contribution in [2.24, 2.45) is 0 Å². The Morgan fingerprint density at radius 2 is 2.05 bits per heavy atom. The predicted octanol–water partition coefficient (Wildman–Crippen LogP) is 2.69. The SMILES string of the molecule is O=C(OCCCCc1ccccc1)[C@@H]1CCCCN1. The third-order valence-electron chi connectivity index (χ3n) is 3.54. The van der Waals surface area contributed by atoms with Crippen molar-refractivity contribution in [1.82, 2.24) is 5.32 Å². The average molecular weight is 261 g/mol. The molecule has 0 radical (unpaired) electrons. The van der Waals surface area contributed by atoms with Crippen molar-refractivity contribution in [2.45, 2.75) is 44.6 Å². The van der Waals surface area contributed by atoms with Crippen LogP contribution in [0.25, 0.3) is 0 Å². The van der Waals surface area contributed by atoms with Gasteiger partial charge in [-0.25, -0.2) is 0 Å². The van der Waals surface area contributed by atoms with E-state index < -0.39 is 0 Å². The molecular weight excluding hydrogens is 238 g/mol. The minimum absolute atomic E-state index is 0.0668. The summed E-state index contributed by atoms with van der Waals surface area (Å²) in [5.41, 5.74) is 1.35. The highest BCUT2D eigenvalue weighted by Crippen LogP contribution is 2.09. The molecule has 1 saturated heterocycles. The van der Waals surface area contributed by atoms with Crippen LogP contribution in [0.4, 0.5) is 0 Å². The van der Waals surface area contributed by atoms with E-state index >= 15 is 0 Å². The van der Waals surface area contributed by atoms with Crippen LogP contribution in [0.3, 0.4) is 0 Å². The number of nitrogens with one attached hydrogen (secondary N) is 1. The molecule has 104 valence electrons. The first-order valence-corrected chi connectivity index (χ1v) is 7.30. The Kier molecular flexibility index (Phi) is 5.89. The predicted molar refractivity (Wildman–Crippen MR) is 76.0 cm³/mol. The van der Waals surface area contributed by atoms with Crippen molar-refractivity contribution < 1.29 is 9.53 Å². The molecule has 1 N–H and O–H groups in total. The van der Waals surface area contributed by atoms with Crippen LogP contribution in [0, 0.1) is 0 Å². The summed E-state index contributed by atoms with van der Waals surface area (Å²) in [4.78, 5) is 11.7. The topological polar surface area (TPSA) is 38.3 Å². The number of aryl methyl sites for hydroxylation is 1. The summed E-state index contributed by atoms with van der Waals surface area (Å²) in [7, 11) is 0. The van der Waals surface area contributed by atoms with Gasteiger partial charge in [-0.2, -0.15) is 0 Å². The van der Waals surface area contributed by atoms with E-state index in [0.29, 0.717) is 6.61 Å². The first kappa shape index (κ1) is 14.1. The highest BCUT2D eigenvalue weighted by Gasteiger charge is 2.21. The number of hydrogen-bond donors (Lipinski definition) is 1. The second-order valence-corrected chi connectivity index (χ2v) is 5.11. The molecule has 0 unspecified atom stereocenters. The van der Waals surface area contributed by atoms with E-state index in [9.17, 15) is 4.79 Å². The molecule has 0 amide bonds. The van der Waals surface area contributed by atoms with Gasteiger partial charge in [0.05, 0.1) is 6.61 Å². The third kappa shape index (κ3) is 5.03. The fourth-order valence-electron chi connectivity index (χ4n) is 2.40. The zero-order chi connectivity index (χ0) is 13.3. The van der Waals surface area contributed by atoms with Crippen molar-refractivity contribution >= 4 is 5.97 Å². The fourth-order valence-corrected chi connectivity index (χ4v) is 2.40. The number of piperidine rings is 1. The number of carbonyl (C=O) groups is 1. The summed E-state index contributed by atoms with van der Waals surface area (Å²) in [6.45, 7) is 1.48. The van der Waals surface area contributed by atoms with Crippen LogP contribution in [-0.2, 0) is 16.0 Å². The quantitative estimate of drug-likeness (QED) is 0.632. The third-order valence-corrected chi connectivity index (χ3v) is 3.54. The number of benzene rings is 1. The summed E-state index contributed by atoms with van der Waals surface area (Å²) < 4.78 is 5.32. The van der Waals surface area contributed by atoms with Crippen LogP contribution < -0.4 is 5.32 Å². The Hall–Kier alpha value is -1.35. The Labute approximate surface area is 115 Å². The van der Waals surface area contributed by atoms with Gasteiger partial charge in [0.1, 0.15) is 6.04 Å². The van der Waals surface area contributed by atoms with Crippen LogP contribution in [0.1, 0.15) is 37.7 Å². The molecule has 1 fully saturated rings. The van der Waals surface area contributed by atoms with Crippen LogP contribution >= 0.6 is 0 Å². The highest BCUT2D eigenvalue weighted by molar-refractivity contribution is 5.75. The molecule has 2 rings (SSSR count). The van der Waals surface area contributed by atoms with Crippen LogP contribution in [0.2, 0.25) is 0 Å². The van der Waals surface area contributed by atoms with Crippen molar-refractivity contribution in [3.8, 4) is 0 Å². The largest absolute Gasteiger partial charge is 0.465 e. The number of rotatable bonds is 6. The molecule has 0 aliphatic carbocycles. The summed E-state index contributed by atoms with van der Waals surface area (Å²) in [6.07, 6.45) is 6.27. The lowest BCUT2D eigenvalue weighted by Crippen LogP contribution is -2.41. The molecule has 1 aliphatic rings. The molecule has 19 heavy (non-hydrogen) atoms. The van der Waals surface area contributed by atoms with E-state index in [1.807, 2.05) is 6.07 Å². The van der Waals surface area contributed by atoms with Gasteiger partial charge in [-0.3, -0.25) is 4.79 Å². The van der Waals surface area contributed by atoms with Crippen molar-refractivity contribution in [3.63, 3.8) is 0 Å². The minimum Gasteiger partial charge on any atom is -0.465 e. The number of ether oxygens (including phenoxy) is 1. The summed E-state index contributed by atoms with van der Waals surface area (Å²) in [6, 6.07) is 10.4. The van der Waals surface area contributed by atoms with Crippen molar-refractivity contribution in [2.75, 3.05) is 13.2 Å². The smallest absolute Gasteiger partial charge is 0.323 e. The van der Waals surface area contributed by atoms with Crippen LogP contribution in [0.15, 0.2) is 30.3 Å². The molecule has 3 nitrogen and oxygen atoms in total. The van der Waals surface area contributed by atoms with Crippen molar-refractivity contribution in [1.29, 1.82) is 0 Å². The van der Waals surface area contributed by atoms with Crippen LogP contribution in [-0.4, -0.2) is 25.2 Å². The molecule has 0 spiro atoms. The normalized spacial score (nSPS) is 19.1. The zero-order valence-electron chi connectivity index (χ0n) is 11.4. The van der Waals surface area contributed by atoms with Gasteiger partial charge >= 0.3 is 5.97 Å². The standard InChI is InChI=1S/C16H23NO2/c18-16(15-11-4-6-12-17-15)19-13-7-5-10-14-8-2-1-3-9-14/h1-3,8-9,15,17H,4-7,10-13H2/t15-/m0/s1. The zero-order valence-corrected chi connectivity index (χ0v) is 11.4. The Bertz CT molecular complexity index is 372. The Balaban J connectivity index is 1.55. The molecule has 0 aromatic heterocycles. The van der Waals surface area contributed by atoms with Gasteiger partial charge in [-0.1, -0.05) is 36.8 Å². The van der Waals surface area contributed by atoms with E-state index in [2.05, 4.69) is 29.6 Å². The Morgan fingerprint density at radius 3 is 2.79 bits per heavy atom. The molecule has 0 saturated carbocycles. The molecule has 1 aliphatic heterocycles. The van der Waals surface area contributed by atoms with E-state index in [-0.39, 0.29) is 12.0 Å². The lowest BCUT2D eigenvalue weighted by atomic mass is 10.1. The lowest BCUT2D eigenvalue weighted by Gasteiger charge is -2.21. The second kappa shape index (κ2) is 7.95. The summed E-state index contributed by atoms with van der Waals surface area (Å²) >= 11 is 0. The van der Waals surface area contributed by atoms with Gasteiger partial charge in [-0.15, -0.1) is 0 Å². The maximum Gasteiger partial charge on any atom is 0.323 e. The summed E-state index contributed by atoms with van der Waals surface area (Å²) in [5.74, 6) is -0.0700. The maximum absolute atomic E-state index is 11.7. The molecule has 1 atom stereocenters. The van der Waals surface area contributed by atoms with Crippen molar-refractivity contribution in [3.05, 3.63) is 35.9 Å². The fraction of sp³-hybridized carbons (Fsp3) is 0.562. The van der Waals surface area contributed by atoms with E-state index in [0.717, 1.165) is 38.6 Å². The molecule has 3 heteroatoms. The van der Waals surface area contributed by atoms with Gasteiger partial charge in [0.2, 0.25) is 0 Å². The summed E-state index contributed by atoms with van der Waals surface area (Å²) in [5, 5.41) is 3.21. The Morgan fingerprint density at radius 1 is 1.21 bits per heavy atom. The molecule has 1 heterocycles. The highest BCUT2D eigenvalue weighted by atomic mass is 16.5. The molecule has 1 aromatic carbocycles. The number of unbranched alkanes of at least 4 members (excludes halogenated alkanes) is 1. The van der Waals surface area contributed by atoms with Crippen LogP contribution in [0.5, 0.6) is 0 Å². The van der Waals surface area contributed by atoms with E-state index in [1.165, 1.54) is 12.0 Å². The number of hydrogen-bond acceptors (Lipinski definition) is 3. The van der Waals surface area contributed by atoms with Gasteiger partial charge < -0.3 is 10.1 Å². The van der Waals surface area contributed by atoms with E-state index in [4.69, 9.17) is 4.74 Å². The van der Waals surface area contributed by atoms with E-state index in [1.54, 1.807) is 0 Å². The maximum atomic E-state index is 11.7. The van der Waals surface area contributed by atoms with Gasteiger partial charge in [-0.05, 0) is 44.2 Å². The lowest BCUT2D eigenvalue weighted by molar-refractivity contribution is -0.146. The first-order chi connectivity index (χ1) is 9.36. The monoisotopic (exact) mass is 261 g/mol. The number of carbonyl (C=O) groups excluding carboxylic acids is 1. The van der Waals surface area contributed by atoms with Gasteiger partial charge in [0.25, 0.3) is 0 Å². The average Bonchev–Trinajstić information content (AvgIpc) is 2.49. The number of esters is 1. The van der Waals surface area contributed by atoms with Gasteiger partial charge in [0.15, 0.2) is 0 Å². The molecular formula is C16H23NO2. The molecule has 1 aromatic rings. The first-order valence-electron chi connectivity index (χ1n) is 7.30. The molecule has 0 bridgehead atoms. The minimum atomic E-state index is -0.0700.